The highest BCUT2D eigenvalue weighted by Gasteiger charge is 2.18. The van der Waals surface area contributed by atoms with Crippen molar-refractivity contribution in [3.63, 3.8) is 0 Å². The van der Waals surface area contributed by atoms with Crippen molar-refractivity contribution in [2.45, 2.75) is 19.8 Å². The minimum absolute atomic E-state index is 0.365. The van der Waals surface area contributed by atoms with Crippen molar-refractivity contribution in [2.75, 3.05) is 12.8 Å². The Morgan fingerprint density at radius 2 is 2.00 bits per heavy atom. The van der Waals surface area contributed by atoms with Crippen LogP contribution in [0, 0.1) is 0 Å². The fourth-order valence-electron chi connectivity index (χ4n) is 2.13. The molecule has 1 aromatic carbocycles. The Morgan fingerprint density at radius 3 is 2.47 bits per heavy atom. The zero-order valence-corrected chi connectivity index (χ0v) is 13.2. The summed E-state index contributed by atoms with van der Waals surface area (Å²) in [5, 5.41) is 4.19. The monoisotopic (exact) mass is 323 g/mol. The molecule has 0 aliphatic heterocycles. The van der Waals surface area contributed by atoms with Gasteiger partial charge in [-0.1, -0.05) is 29.8 Å². The molecule has 0 aliphatic rings. The summed E-state index contributed by atoms with van der Waals surface area (Å²) in [6.45, 7) is 4.28. The van der Waals surface area contributed by atoms with Crippen LogP contribution in [0.4, 0.5) is 5.82 Å². The van der Waals surface area contributed by atoms with E-state index in [1.807, 2.05) is 13.1 Å². The van der Waals surface area contributed by atoms with Gasteiger partial charge in [0, 0.05) is 22.6 Å². The molecule has 0 saturated heterocycles. The molecule has 0 saturated carbocycles. The maximum atomic E-state index is 6.06. The Balaban J connectivity index is 2.72. The largest absolute Gasteiger partial charge is 0.496 e. The second-order valence-corrected chi connectivity index (χ2v) is 5.71. The van der Waals surface area contributed by atoms with E-state index in [1.54, 1.807) is 18.0 Å². The third-order valence-corrected chi connectivity index (χ3v) is 3.64. The van der Waals surface area contributed by atoms with Crippen molar-refractivity contribution < 1.29 is 4.74 Å². The summed E-state index contributed by atoms with van der Waals surface area (Å²) in [7, 11) is 3.51. The number of ether oxygens (including phenoxy) is 1. The number of aryl methyl sites for hydroxylation is 1. The Bertz CT molecular complexity index is 605. The minimum atomic E-state index is 0.365. The molecule has 5 heteroatoms. The van der Waals surface area contributed by atoms with Crippen LogP contribution in [-0.4, -0.2) is 16.9 Å². The second-order valence-electron chi connectivity index (χ2n) is 4.80. The van der Waals surface area contributed by atoms with Gasteiger partial charge in [-0.25, -0.2) is 0 Å². The SMILES string of the molecule is COc1c(-c2cnn(C)c2N)cc(Br)cc1C(C)C. The topological polar surface area (TPSA) is 53.1 Å². The van der Waals surface area contributed by atoms with Crippen LogP contribution >= 0.6 is 15.9 Å². The van der Waals surface area contributed by atoms with Crippen LogP contribution in [0.1, 0.15) is 25.3 Å². The quantitative estimate of drug-likeness (QED) is 0.939. The first-order valence-electron chi connectivity index (χ1n) is 6.11. The third kappa shape index (κ3) is 2.47. The first kappa shape index (κ1) is 13.9. The fraction of sp³-hybridized carbons (Fsp3) is 0.357. The number of hydrogen-bond donors (Lipinski definition) is 1. The number of nitrogens with two attached hydrogens (primary N) is 1. The van der Waals surface area contributed by atoms with Crippen molar-refractivity contribution in [3.8, 4) is 16.9 Å². The van der Waals surface area contributed by atoms with E-state index in [9.17, 15) is 0 Å². The molecule has 2 aromatic rings. The van der Waals surface area contributed by atoms with Crippen LogP contribution in [0.3, 0.4) is 0 Å². The van der Waals surface area contributed by atoms with E-state index in [0.29, 0.717) is 11.7 Å². The molecule has 0 atom stereocenters. The average molecular weight is 324 g/mol. The van der Waals surface area contributed by atoms with Gasteiger partial charge in [0.2, 0.25) is 0 Å². The second kappa shape index (κ2) is 5.25. The molecule has 1 heterocycles. The summed E-state index contributed by atoms with van der Waals surface area (Å²) in [4.78, 5) is 0. The maximum absolute atomic E-state index is 6.06. The van der Waals surface area contributed by atoms with E-state index in [-0.39, 0.29) is 0 Å². The van der Waals surface area contributed by atoms with Gasteiger partial charge in [-0.15, -0.1) is 0 Å². The van der Waals surface area contributed by atoms with E-state index in [2.05, 4.69) is 40.9 Å². The van der Waals surface area contributed by atoms with Crippen LogP contribution < -0.4 is 10.5 Å². The number of rotatable bonds is 3. The lowest BCUT2D eigenvalue weighted by Crippen LogP contribution is -2.00. The van der Waals surface area contributed by atoms with Crippen LogP contribution in [-0.2, 0) is 7.05 Å². The van der Waals surface area contributed by atoms with Crippen LogP contribution in [0.25, 0.3) is 11.1 Å². The van der Waals surface area contributed by atoms with E-state index < -0.39 is 0 Å². The van der Waals surface area contributed by atoms with Crippen molar-refractivity contribution in [2.24, 2.45) is 7.05 Å². The number of benzene rings is 1. The summed E-state index contributed by atoms with van der Waals surface area (Å²) in [5.74, 6) is 1.85. The molecule has 19 heavy (non-hydrogen) atoms. The third-order valence-electron chi connectivity index (χ3n) is 3.18. The number of nitrogen functional groups attached to an aromatic ring is 1. The molecule has 0 bridgehead atoms. The van der Waals surface area contributed by atoms with Crippen LogP contribution in [0.2, 0.25) is 0 Å². The Morgan fingerprint density at radius 1 is 1.32 bits per heavy atom. The van der Waals surface area contributed by atoms with Gasteiger partial charge in [-0.05, 0) is 23.6 Å². The molecule has 2 N–H and O–H groups in total. The lowest BCUT2D eigenvalue weighted by molar-refractivity contribution is 0.409. The zero-order chi connectivity index (χ0) is 14.2. The first-order chi connectivity index (χ1) is 8.95. The van der Waals surface area contributed by atoms with Gasteiger partial charge in [-0.2, -0.15) is 5.10 Å². The van der Waals surface area contributed by atoms with E-state index in [1.165, 1.54) is 0 Å². The molecule has 4 nitrogen and oxygen atoms in total. The number of halogens is 1. The van der Waals surface area contributed by atoms with Gasteiger partial charge < -0.3 is 10.5 Å². The van der Waals surface area contributed by atoms with Gasteiger partial charge >= 0.3 is 0 Å². The van der Waals surface area contributed by atoms with Crippen molar-refractivity contribution in [3.05, 3.63) is 28.4 Å². The smallest absolute Gasteiger partial charge is 0.130 e. The Hall–Kier alpha value is -1.49. The molecule has 2 rings (SSSR count). The van der Waals surface area contributed by atoms with Crippen molar-refractivity contribution in [1.82, 2.24) is 9.78 Å². The molecule has 102 valence electrons. The molecule has 0 fully saturated rings. The van der Waals surface area contributed by atoms with Crippen molar-refractivity contribution in [1.29, 1.82) is 0 Å². The number of anilines is 1. The first-order valence-corrected chi connectivity index (χ1v) is 6.90. The molecule has 0 amide bonds. The zero-order valence-electron chi connectivity index (χ0n) is 11.6. The van der Waals surface area contributed by atoms with Crippen molar-refractivity contribution >= 4 is 21.7 Å². The highest BCUT2D eigenvalue weighted by molar-refractivity contribution is 9.10. The predicted molar refractivity (Wildman–Crippen MR) is 81.4 cm³/mol. The molecule has 0 aliphatic carbocycles. The molecule has 0 spiro atoms. The van der Waals surface area contributed by atoms with Gasteiger partial charge in [0.15, 0.2) is 0 Å². The summed E-state index contributed by atoms with van der Waals surface area (Å²) in [6.07, 6.45) is 1.77. The minimum Gasteiger partial charge on any atom is -0.496 e. The molecule has 1 aromatic heterocycles. The molecule has 0 unspecified atom stereocenters. The lowest BCUT2D eigenvalue weighted by Gasteiger charge is -2.16. The number of aromatic nitrogens is 2. The fourth-order valence-corrected chi connectivity index (χ4v) is 2.60. The van der Waals surface area contributed by atoms with Gasteiger partial charge in [0.05, 0.1) is 13.3 Å². The summed E-state index contributed by atoms with van der Waals surface area (Å²) in [6, 6.07) is 4.09. The average Bonchev–Trinajstić information content (AvgIpc) is 2.69. The normalized spacial score (nSPS) is 11.1. The van der Waals surface area contributed by atoms with Crippen LogP contribution in [0.15, 0.2) is 22.8 Å². The van der Waals surface area contributed by atoms with Gasteiger partial charge in [0.25, 0.3) is 0 Å². The predicted octanol–water partition coefficient (Wildman–Crippen LogP) is 3.56. The van der Waals surface area contributed by atoms with E-state index in [0.717, 1.165) is 26.9 Å². The van der Waals surface area contributed by atoms with E-state index >= 15 is 0 Å². The standard InChI is InChI=1S/C14H18BrN3O/c1-8(2)10-5-9(15)6-11(13(10)19-4)12-7-17-18(3)14(12)16/h5-8H,16H2,1-4H3. The lowest BCUT2D eigenvalue weighted by atomic mass is 9.96. The highest BCUT2D eigenvalue weighted by atomic mass is 79.9. The van der Waals surface area contributed by atoms with E-state index in [4.69, 9.17) is 10.5 Å². The number of methoxy groups -OCH3 is 1. The maximum Gasteiger partial charge on any atom is 0.130 e. The number of hydrogen-bond acceptors (Lipinski definition) is 3. The molecule has 0 radical (unpaired) electrons. The van der Waals surface area contributed by atoms with Crippen LogP contribution in [0.5, 0.6) is 5.75 Å². The van der Waals surface area contributed by atoms with Gasteiger partial charge in [-0.3, -0.25) is 4.68 Å². The summed E-state index contributed by atoms with van der Waals surface area (Å²) in [5.41, 5.74) is 9.07. The Kier molecular flexibility index (Phi) is 3.85. The summed E-state index contributed by atoms with van der Waals surface area (Å²) < 4.78 is 8.26. The van der Waals surface area contributed by atoms with Gasteiger partial charge in [0.1, 0.15) is 11.6 Å². The summed E-state index contributed by atoms with van der Waals surface area (Å²) >= 11 is 3.55. The Labute approximate surface area is 121 Å². The number of nitrogens with zero attached hydrogens (tertiary/aromatic N) is 2. The molecular formula is C14H18BrN3O. The molecular weight excluding hydrogens is 306 g/mol. The highest BCUT2D eigenvalue weighted by Crippen LogP contribution is 2.41.